The quantitative estimate of drug-likeness (QED) is 0.109. The summed E-state index contributed by atoms with van der Waals surface area (Å²) in [6, 6.07) is 21.4. The highest BCUT2D eigenvalue weighted by Gasteiger charge is 2.27. The Labute approximate surface area is 305 Å². The molecule has 5 aromatic rings. The summed E-state index contributed by atoms with van der Waals surface area (Å²) >= 11 is 0. The summed E-state index contributed by atoms with van der Waals surface area (Å²) in [4.78, 5) is 52.9. The molecule has 0 fully saturated rings. The van der Waals surface area contributed by atoms with Crippen molar-refractivity contribution in [2.24, 2.45) is 0 Å². The van der Waals surface area contributed by atoms with Gasteiger partial charge in [0, 0.05) is 16.9 Å². The van der Waals surface area contributed by atoms with Gasteiger partial charge in [-0.1, -0.05) is 12.1 Å². The normalized spacial score (nSPS) is 11.0. The van der Waals surface area contributed by atoms with Crippen molar-refractivity contribution in [3.05, 3.63) is 106 Å². The number of ether oxygens (including phenoxy) is 7. The van der Waals surface area contributed by atoms with Crippen LogP contribution in [0, 0.1) is 0 Å². The van der Waals surface area contributed by atoms with Gasteiger partial charge in [0.05, 0.1) is 46.5 Å². The molecule has 0 atom stereocenters. The van der Waals surface area contributed by atoms with Crippen molar-refractivity contribution in [1.29, 1.82) is 0 Å². The number of benzene rings is 4. The highest BCUT2D eigenvalue weighted by molar-refractivity contribution is 6.08. The molecule has 0 aliphatic rings. The molecule has 0 bridgehead atoms. The topological polar surface area (TPSA) is 150 Å². The third-order valence-corrected chi connectivity index (χ3v) is 8.01. The van der Waals surface area contributed by atoms with Crippen molar-refractivity contribution < 1.29 is 47.5 Å². The van der Waals surface area contributed by atoms with Crippen molar-refractivity contribution in [3.8, 4) is 39.8 Å². The van der Waals surface area contributed by atoms with Crippen molar-refractivity contribution in [1.82, 2.24) is 4.57 Å². The molecule has 0 saturated heterocycles. The summed E-state index contributed by atoms with van der Waals surface area (Å²) in [7, 11) is 6.95. The van der Waals surface area contributed by atoms with Crippen molar-refractivity contribution in [3.63, 3.8) is 0 Å². The minimum Gasteiger partial charge on any atom is -0.493 e. The maximum atomic E-state index is 14.6. The Kier molecular flexibility index (Phi) is 11.3. The van der Waals surface area contributed by atoms with Crippen LogP contribution >= 0.6 is 0 Å². The fourth-order valence-corrected chi connectivity index (χ4v) is 5.71. The number of hydrogen-bond acceptors (Lipinski definition) is 11. The molecule has 1 aromatic heterocycles. The third-order valence-electron chi connectivity index (χ3n) is 8.01. The molecule has 0 aliphatic carbocycles. The third kappa shape index (κ3) is 8.19. The molecular formula is C40H40N2O11. The molecule has 1 amide bonds. The molecule has 4 aromatic carbocycles. The molecule has 53 heavy (non-hydrogen) atoms. The van der Waals surface area contributed by atoms with Gasteiger partial charge >= 0.3 is 18.0 Å². The van der Waals surface area contributed by atoms with E-state index in [0.29, 0.717) is 62.0 Å². The van der Waals surface area contributed by atoms with Crippen molar-refractivity contribution >= 4 is 34.5 Å². The predicted molar refractivity (Wildman–Crippen MR) is 198 cm³/mol. The van der Waals surface area contributed by atoms with Gasteiger partial charge in [-0.05, 0) is 104 Å². The lowest BCUT2D eigenvalue weighted by Crippen LogP contribution is -2.27. The molecule has 0 aliphatic heterocycles. The van der Waals surface area contributed by atoms with Crippen LogP contribution in [-0.4, -0.2) is 63.7 Å². The number of methoxy groups -OCH3 is 5. The summed E-state index contributed by atoms with van der Waals surface area (Å²) in [6.45, 7) is 5.33. The number of carbonyl (C=O) groups is 3. The van der Waals surface area contributed by atoms with Gasteiger partial charge in [-0.25, -0.2) is 14.4 Å². The zero-order valence-electron chi connectivity index (χ0n) is 30.7. The summed E-state index contributed by atoms with van der Waals surface area (Å²) in [5.41, 5.74) is 1.20. The van der Waals surface area contributed by atoms with Gasteiger partial charge in [-0.15, -0.1) is 0 Å². The minimum atomic E-state index is -0.797. The fraction of sp³-hybridized carbons (Fsp3) is 0.250. The number of amides is 1. The summed E-state index contributed by atoms with van der Waals surface area (Å²) in [5, 5.41) is 3.28. The Morgan fingerprint density at radius 2 is 1.40 bits per heavy atom. The van der Waals surface area contributed by atoms with Crippen LogP contribution in [0.1, 0.15) is 47.2 Å². The second-order valence-electron chi connectivity index (χ2n) is 12.6. The van der Waals surface area contributed by atoms with Crippen LogP contribution < -0.4 is 29.8 Å². The number of nitrogens with one attached hydrogen (secondary N) is 1. The van der Waals surface area contributed by atoms with Gasteiger partial charge in [-0.2, -0.15) is 0 Å². The first-order valence-corrected chi connectivity index (χ1v) is 16.3. The molecule has 1 heterocycles. The van der Waals surface area contributed by atoms with Crippen LogP contribution in [0.25, 0.3) is 27.6 Å². The largest absolute Gasteiger partial charge is 0.493 e. The fourth-order valence-electron chi connectivity index (χ4n) is 5.71. The molecule has 1 N–H and O–H groups in total. The number of aromatic nitrogens is 1. The molecule has 13 nitrogen and oxygen atoms in total. The molecule has 5 rings (SSSR count). The van der Waals surface area contributed by atoms with E-state index in [1.807, 2.05) is 0 Å². The van der Waals surface area contributed by atoms with E-state index in [4.69, 9.17) is 33.2 Å². The van der Waals surface area contributed by atoms with Gasteiger partial charge in [0.15, 0.2) is 11.5 Å². The summed E-state index contributed by atoms with van der Waals surface area (Å²) in [6.07, 6.45) is -0.655. The molecule has 0 saturated carbocycles. The number of nitrogens with zero attached hydrogens (tertiary/aromatic N) is 1. The standard InChI is InChI=1S/C40H40N2O11/c1-40(2,3)53-39(46)41-26-12-14-27(15-13-26)42-34(38(45)51-8)33(25-19-31(47-4)35(49-6)32(20-25)48-5)29-17-16-28(21-30(29)36(42)43)52-22-23-10-9-11-24(18-23)37(44)50-7/h9-21H,22H2,1-8H3,(H,41,46). The number of carbonyl (C=O) groups excluding carboxylic acids is 3. The maximum absolute atomic E-state index is 14.6. The maximum Gasteiger partial charge on any atom is 0.412 e. The Morgan fingerprint density at radius 3 is 1.98 bits per heavy atom. The number of rotatable bonds is 11. The molecule has 276 valence electrons. The highest BCUT2D eigenvalue weighted by Crippen LogP contribution is 2.44. The van der Waals surface area contributed by atoms with Crippen LogP contribution in [0.2, 0.25) is 0 Å². The van der Waals surface area contributed by atoms with E-state index in [-0.39, 0.29) is 17.7 Å². The molecule has 0 radical (unpaired) electrons. The second kappa shape index (κ2) is 15.8. The SMILES string of the molecule is COC(=O)c1cccc(COc2ccc3c(-c4cc(OC)c(OC)c(OC)c4)c(C(=O)OC)n(-c4ccc(NC(=O)OC(C)(C)C)cc4)c(=O)c3c2)c1. The minimum absolute atomic E-state index is 0.0800. The van der Waals surface area contributed by atoms with Gasteiger partial charge in [0.2, 0.25) is 5.75 Å². The average Bonchev–Trinajstić information content (AvgIpc) is 3.15. The van der Waals surface area contributed by atoms with E-state index in [1.165, 1.54) is 40.1 Å². The summed E-state index contributed by atoms with van der Waals surface area (Å²) in [5.74, 6) is 0.0341. The van der Waals surface area contributed by atoms with E-state index in [1.54, 1.807) is 99.6 Å². The number of fused-ring (bicyclic) bond motifs is 1. The Morgan fingerprint density at radius 1 is 0.736 bits per heavy atom. The Bertz CT molecular complexity index is 2210. The smallest absolute Gasteiger partial charge is 0.412 e. The van der Waals surface area contributed by atoms with E-state index >= 15 is 0 Å². The van der Waals surface area contributed by atoms with E-state index in [0.717, 1.165) is 0 Å². The highest BCUT2D eigenvalue weighted by atomic mass is 16.6. The van der Waals surface area contributed by atoms with E-state index < -0.39 is 29.2 Å². The summed E-state index contributed by atoms with van der Waals surface area (Å²) < 4.78 is 39.6. The zero-order chi connectivity index (χ0) is 38.4. The first kappa shape index (κ1) is 37.7. The van der Waals surface area contributed by atoms with Gasteiger partial charge < -0.3 is 33.2 Å². The first-order valence-electron chi connectivity index (χ1n) is 16.3. The van der Waals surface area contributed by atoms with Crippen molar-refractivity contribution in [2.75, 3.05) is 40.9 Å². The van der Waals surface area contributed by atoms with Crippen LogP contribution in [0.15, 0.2) is 83.7 Å². The van der Waals surface area contributed by atoms with Gasteiger partial charge in [-0.3, -0.25) is 14.7 Å². The van der Waals surface area contributed by atoms with E-state index in [2.05, 4.69) is 5.32 Å². The zero-order valence-corrected chi connectivity index (χ0v) is 30.7. The van der Waals surface area contributed by atoms with E-state index in [9.17, 15) is 19.2 Å². The predicted octanol–water partition coefficient (Wildman–Crippen LogP) is 7.18. The molecule has 0 unspecified atom stereocenters. The average molecular weight is 725 g/mol. The monoisotopic (exact) mass is 724 g/mol. The van der Waals surface area contributed by atoms with Crippen LogP contribution in [0.4, 0.5) is 10.5 Å². The Hall–Kier alpha value is -6.50. The number of pyridine rings is 1. The first-order chi connectivity index (χ1) is 25.3. The molecule has 0 spiro atoms. The van der Waals surface area contributed by atoms with Crippen molar-refractivity contribution in [2.45, 2.75) is 33.0 Å². The van der Waals surface area contributed by atoms with Gasteiger partial charge in [0.25, 0.3) is 5.56 Å². The number of hydrogen-bond donors (Lipinski definition) is 1. The lowest BCUT2D eigenvalue weighted by Gasteiger charge is -2.21. The lowest BCUT2D eigenvalue weighted by atomic mass is 9.95. The van der Waals surface area contributed by atoms with Crippen LogP contribution in [0.3, 0.4) is 0 Å². The number of anilines is 1. The molecule has 13 heteroatoms. The van der Waals surface area contributed by atoms with Gasteiger partial charge in [0.1, 0.15) is 23.7 Å². The van der Waals surface area contributed by atoms with Crippen LogP contribution in [0.5, 0.6) is 23.0 Å². The van der Waals surface area contributed by atoms with Crippen LogP contribution in [-0.2, 0) is 20.8 Å². The lowest BCUT2D eigenvalue weighted by molar-refractivity contribution is 0.0586. The number of esters is 2. The molecular weight excluding hydrogens is 684 g/mol. The Balaban J connectivity index is 1.73. The second-order valence-corrected chi connectivity index (χ2v) is 12.6.